The number of carbonyl (C=O) groups excluding carboxylic acids is 1. The van der Waals surface area contributed by atoms with Crippen LogP contribution in [0.4, 0.5) is 0 Å². The first-order valence-corrected chi connectivity index (χ1v) is 8.77. The second-order valence-corrected chi connectivity index (χ2v) is 6.48. The van der Waals surface area contributed by atoms with E-state index in [2.05, 4.69) is 11.1 Å². The smallest absolute Gasteiger partial charge is 0.257 e. The molecule has 138 valence electrons. The molecule has 0 radical (unpaired) electrons. The highest BCUT2D eigenvalue weighted by molar-refractivity contribution is 5.96. The van der Waals surface area contributed by atoms with Gasteiger partial charge in [-0.25, -0.2) is 0 Å². The number of ether oxygens (including phenoxy) is 2. The molecule has 1 unspecified atom stereocenters. The molecule has 1 N–H and O–H groups in total. The van der Waals surface area contributed by atoms with Gasteiger partial charge in [-0.1, -0.05) is 18.2 Å². The van der Waals surface area contributed by atoms with Gasteiger partial charge in [0.25, 0.3) is 5.91 Å². The minimum atomic E-state index is -0.214. The number of methoxy groups -OCH3 is 1. The van der Waals surface area contributed by atoms with Crippen LogP contribution in [0.5, 0.6) is 11.5 Å². The third-order valence-electron chi connectivity index (χ3n) is 4.83. The van der Waals surface area contributed by atoms with Crippen LogP contribution < -0.4 is 4.74 Å². The van der Waals surface area contributed by atoms with E-state index in [-0.39, 0.29) is 23.3 Å². The largest absolute Gasteiger partial charge is 0.505 e. The first-order valence-electron chi connectivity index (χ1n) is 8.77. The van der Waals surface area contributed by atoms with Crippen molar-refractivity contribution in [2.24, 2.45) is 0 Å². The van der Waals surface area contributed by atoms with E-state index < -0.39 is 0 Å². The zero-order valence-electron chi connectivity index (χ0n) is 15.0. The summed E-state index contributed by atoms with van der Waals surface area (Å²) in [5, 5.41) is 12.1. The van der Waals surface area contributed by atoms with Gasteiger partial charge in [0.05, 0.1) is 32.0 Å². The van der Waals surface area contributed by atoms with Crippen LogP contribution in [0.2, 0.25) is 0 Å². The molecule has 1 atom stereocenters. The Kier molecular flexibility index (Phi) is 4.64. The summed E-state index contributed by atoms with van der Waals surface area (Å²) >= 11 is 0. The number of amides is 1. The molecule has 1 saturated heterocycles. The van der Waals surface area contributed by atoms with E-state index in [1.807, 2.05) is 30.3 Å². The van der Waals surface area contributed by atoms with E-state index in [9.17, 15) is 9.90 Å². The number of pyridine rings is 1. The van der Waals surface area contributed by atoms with E-state index >= 15 is 0 Å². The zero-order chi connectivity index (χ0) is 18.8. The standard InChI is InChI=1S/C21H20N2O4/c1-26-17-5-4-14-10-16(3-2-15(14)11-17)20-13-23(8-9-27-20)21(25)18-6-7-22-12-19(18)24/h2-7,10-12,20,24H,8-9,13H2,1H3. The first kappa shape index (κ1) is 17.3. The van der Waals surface area contributed by atoms with Gasteiger partial charge in [0.2, 0.25) is 0 Å². The summed E-state index contributed by atoms with van der Waals surface area (Å²) in [5.74, 6) is 0.497. The lowest BCUT2D eigenvalue weighted by Crippen LogP contribution is -2.42. The predicted molar refractivity (Wildman–Crippen MR) is 101 cm³/mol. The lowest BCUT2D eigenvalue weighted by Gasteiger charge is -2.33. The Balaban J connectivity index is 1.57. The molecule has 4 rings (SSSR count). The topological polar surface area (TPSA) is 71.9 Å². The predicted octanol–water partition coefficient (Wildman–Crippen LogP) is 3.16. The van der Waals surface area contributed by atoms with Crippen LogP contribution in [0.25, 0.3) is 10.8 Å². The normalized spacial score (nSPS) is 17.1. The Labute approximate surface area is 157 Å². The summed E-state index contributed by atoms with van der Waals surface area (Å²) in [6.07, 6.45) is 2.57. The molecule has 0 bridgehead atoms. The molecule has 0 aliphatic carbocycles. The van der Waals surface area contributed by atoms with E-state index in [0.717, 1.165) is 22.1 Å². The summed E-state index contributed by atoms with van der Waals surface area (Å²) in [5.41, 5.74) is 1.28. The number of hydrogen-bond acceptors (Lipinski definition) is 5. The van der Waals surface area contributed by atoms with Crippen molar-refractivity contribution in [1.82, 2.24) is 9.88 Å². The van der Waals surface area contributed by atoms with Gasteiger partial charge in [0, 0.05) is 12.7 Å². The Morgan fingerprint density at radius 2 is 2.04 bits per heavy atom. The number of morpholine rings is 1. The minimum Gasteiger partial charge on any atom is -0.505 e. The number of carbonyl (C=O) groups is 1. The van der Waals surface area contributed by atoms with Gasteiger partial charge in [0.1, 0.15) is 17.6 Å². The van der Waals surface area contributed by atoms with Crippen LogP contribution in [0, 0.1) is 0 Å². The fraction of sp³-hybridized carbons (Fsp3) is 0.238. The number of aromatic nitrogens is 1. The number of nitrogens with zero attached hydrogens (tertiary/aromatic N) is 2. The molecule has 1 aliphatic heterocycles. The molecule has 1 aliphatic rings. The van der Waals surface area contributed by atoms with Crippen molar-refractivity contribution in [3.63, 3.8) is 0 Å². The van der Waals surface area contributed by atoms with Gasteiger partial charge < -0.3 is 19.5 Å². The second-order valence-electron chi connectivity index (χ2n) is 6.48. The third kappa shape index (κ3) is 3.44. The van der Waals surface area contributed by atoms with E-state index in [0.29, 0.717) is 19.7 Å². The molecule has 27 heavy (non-hydrogen) atoms. The van der Waals surface area contributed by atoms with Crippen LogP contribution in [0.1, 0.15) is 22.0 Å². The molecular formula is C21H20N2O4. The van der Waals surface area contributed by atoms with Crippen molar-refractivity contribution in [3.8, 4) is 11.5 Å². The molecule has 1 fully saturated rings. The Morgan fingerprint density at radius 1 is 1.22 bits per heavy atom. The molecule has 6 nitrogen and oxygen atoms in total. The third-order valence-corrected chi connectivity index (χ3v) is 4.83. The number of hydrogen-bond donors (Lipinski definition) is 1. The highest BCUT2D eigenvalue weighted by Crippen LogP contribution is 2.29. The van der Waals surface area contributed by atoms with Crippen LogP contribution in [0.3, 0.4) is 0 Å². The van der Waals surface area contributed by atoms with Crippen molar-refractivity contribution in [1.29, 1.82) is 0 Å². The van der Waals surface area contributed by atoms with Crippen molar-refractivity contribution < 1.29 is 19.4 Å². The molecule has 6 heteroatoms. The molecule has 0 spiro atoms. The van der Waals surface area contributed by atoms with Crippen LogP contribution in [-0.4, -0.2) is 47.7 Å². The summed E-state index contributed by atoms with van der Waals surface area (Å²) in [7, 11) is 1.65. The SMILES string of the molecule is COc1ccc2cc(C3CN(C(=O)c4ccncc4O)CCO3)ccc2c1. The van der Waals surface area contributed by atoms with Crippen LogP contribution in [0.15, 0.2) is 54.9 Å². The summed E-state index contributed by atoms with van der Waals surface area (Å²) in [4.78, 5) is 18.3. The van der Waals surface area contributed by atoms with E-state index in [1.165, 1.54) is 18.5 Å². The highest BCUT2D eigenvalue weighted by Gasteiger charge is 2.27. The Morgan fingerprint density at radius 3 is 2.85 bits per heavy atom. The maximum Gasteiger partial charge on any atom is 0.257 e. The number of aromatic hydroxyl groups is 1. The quantitative estimate of drug-likeness (QED) is 0.773. The van der Waals surface area contributed by atoms with Gasteiger partial charge in [-0.05, 0) is 40.6 Å². The zero-order valence-corrected chi connectivity index (χ0v) is 15.0. The fourth-order valence-electron chi connectivity index (χ4n) is 3.34. The van der Waals surface area contributed by atoms with E-state index in [4.69, 9.17) is 9.47 Å². The van der Waals surface area contributed by atoms with Crippen molar-refractivity contribution >= 4 is 16.7 Å². The minimum absolute atomic E-state index is 0.106. The van der Waals surface area contributed by atoms with Gasteiger partial charge in [-0.15, -0.1) is 0 Å². The molecule has 1 amide bonds. The lowest BCUT2D eigenvalue weighted by molar-refractivity contribution is -0.0228. The van der Waals surface area contributed by atoms with Crippen molar-refractivity contribution in [2.45, 2.75) is 6.10 Å². The number of benzene rings is 2. The Hall–Kier alpha value is -3.12. The molecular weight excluding hydrogens is 344 g/mol. The second kappa shape index (κ2) is 7.25. The molecule has 1 aromatic heterocycles. The van der Waals surface area contributed by atoms with Crippen LogP contribution in [-0.2, 0) is 4.74 Å². The average molecular weight is 364 g/mol. The fourth-order valence-corrected chi connectivity index (χ4v) is 3.34. The number of rotatable bonds is 3. The molecule has 2 aromatic carbocycles. The van der Waals surface area contributed by atoms with Gasteiger partial charge >= 0.3 is 0 Å². The summed E-state index contributed by atoms with van der Waals surface area (Å²) in [6, 6.07) is 13.6. The highest BCUT2D eigenvalue weighted by atomic mass is 16.5. The van der Waals surface area contributed by atoms with Crippen LogP contribution >= 0.6 is 0 Å². The van der Waals surface area contributed by atoms with E-state index in [1.54, 1.807) is 12.0 Å². The van der Waals surface area contributed by atoms with Gasteiger partial charge in [0.15, 0.2) is 0 Å². The van der Waals surface area contributed by atoms with Crippen molar-refractivity contribution in [2.75, 3.05) is 26.8 Å². The maximum atomic E-state index is 12.7. The average Bonchev–Trinajstić information content (AvgIpc) is 2.73. The summed E-state index contributed by atoms with van der Waals surface area (Å²) in [6.45, 7) is 1.37. The maximum absolute atomic E-state index is 12.7. The Bertz CT molecular complexity index is 989. The van der Waals surface area contributed by atoms with Gasteiger partial charge in [-0.2, -0.15) is 0 Å². The summed E-state index contributed by atoms with van der Waals surface area (Å²) < 4.78 is 11.2. The monoisotopic (exact) mass is 364 g/mol. The number of fused-ring (bicyclic) bond motifs is 1. The molecule has 3 aromatic rings. The lowest BCUT2D eigenvalue weighted by atomic mass is 10.0. The van der Waals surface area contributed by atoms with Crippen molar-refractivity contribution in [3.05, 3.63) is 66.0 Å². The van der Waals surface area contributed by atoms with Gasteiger partial charge in [-0.3, -0.25) is 9.78 Å². The molecule has 2 heterocycles. The first-order chi connectivity index (χ1) is 13.2. The molecule has 0 saturated carbocycles.